The minimum absolute atomic E-state index is 0.00562. The molecule has 0 radical (unpaired) electrons. The first-order chi connectivity index (χ1) is 17.4. The van der Waals surface area contributed by atoms with Gasteiger partial charge >= 0.3 is 0 Å². The summed E-state index contributed by atoms with van der Waals surface area (Å²) in [7, 11) is 0. The van der Waals surface area contributed by atoms with Crippen molar-refractivity contribution in [2.24, 2.45) is 0 Å². The molecule has 9 heteroatoms. The van der Waals surface area contributed by atoms with Gasteiger partial charge in [-0.3, -0.25) is 24.6 Å². The Labute approximate surface area is 208 Å². The van der Waals surface area contributed by atoms with Crippen molar-refractivity contribution in [1.29, 1.82) is 0 Å². The maximum Gasteiger partial charge on any atom is 0.255 e. The SMILES string of the molecule is CCn1ccc2c(CN3CCCC3)cc(-c3ccc4c(c3F)CN(C3CCC(=O)NC3=O)C4=O)nc21. The standard InChI is InChI=1S/C27H28FN5O3/c1-2-32-12-9-17-16(14-31-10-3-4-11-31)13-21(29-25(17)32)19-6-5-18-20(24(19)28)15-33(27(18)36)22-7-8-23(34)30-26(22)35/h5-6,9,12-13,22H,2-4,7-8,10-11,14-15H2,1H3,(H,30,34,35). The van der Waals surface area contributed by atoms with Gasteiger partial charge in [0.15, 0.2) is 0 Å². The summed E-state index contributed by atoms with van der Waals surface area (Å²) in [5, 5.41) is 3.36. The number of halogens is 1. The van der Waals surface area contributed by atoms with E-state index >= 15 is 4.39 Å². The van der Waals surface area contributed by atoms with Crippen LogP contribution in [0.2, 0.25) is 0 Å². The summed E-state index contributed by atoms with van der Waals surface area (Å²) in [6.07, 6.45) is 4.79. The summed E-state index contributed by atoms with van der Waals surface area (Å²) in [4.78, 5) is 45.6. The molecule has 3 aromatic rings. The van der Waals surface area contributed by atoms with E-state index < -0.39 is 17.8 Å². The lowest BCUT2D eigenvalue weighted by Crippen LogP contribution is -2.52. The van der Waals surface area contributed by atoms with Crippen LogP contribution in [0.25, 0.3) is 22.3 Å². The van der Waals surface area contributed by atoms with Crippen molar-refractivity contribution < 1.29 is 18.8 Å². The molecule has 1 N–H and O–H groups in total. The number of nitrogens with one attached hydrogen (secondary N) is 1. The predicted molar refractivity (Wildman–Crippen MR) is 131 cm³/mol. The number of carbonyl (C=O) groups excluding carboxylic acids is 3. The molecule has 3 amide bonds. The molecular formula is C27H28FN5O3. The number of aryl methyl sites for hydroxylation is 1. The fraction of sp³-hybridized carbons (Fsp3) is 0.407. The Morgan fingerprint density at radius 2 is 1.89 bits per heavy atom. The molecule has 0 spiro atoms. The highest BCUT2D eigenvalue weighted by Gasteiger charge is 2.40. The van der Waals surface area contributed by atoms with Gasteiger partial charge in [-0.1, -0.05) is 0 Å². The average Bonchev–Trinajstić information content (AvgIpc) is 3.59. The molecule has 186 valence electrons. The third kappa shape index (κ3) is 3.69. The van der Waals surface area contributed by atoms with Crippen molar-refractivity contribution in [2.45, 2.75) is 58.3 Å². The average molecular weight is 490 g/mol. The smallest absolute Gasteiger partial charge is 0.255 e. The highest BCUT2D eigenvalue weighted by atomic mass is 19.1. The molecule has 5 heterocycles. The second-order valence-electron chi connectivity index (χ2n) is 9.84. The highest BCUT2D eigenvalue weighted by Crippen LogP contribution is 2.35. The van der Waals surface area contributed by atoms with E-state index in [9.17, 15) is 14.4 Å². The first kappa shape index (κ1) is 22.8. The summed E-state index contributed by atoms with van der Waals surface area (Å²) in [5.41, 5.74) is 3.36. The summed E-state index contributed by atoms with van der Waals surface area (Å²) in [5.74, 6) is -1.73. The van der Waals surface area contributed by atoms with Gasteiger partial charge in [-0.15, -0.1) is 0 Å². The lowest BCUT2D eigenvalue weighted by Gasteiger charge is -2.29. The molecule has 1 atom stereocenters. The summed E-state index contributed by atoms with van der Waals surface area (Å²) < 4.78 is 18.0. The highest BCUT2D eigenvalue weighted by molar-refractivity contribution is 6.05. The molecule has 1 unspecified atom stereocenters. The number of pyridine rings is 1. The van der Waals surface area contributed by atoms with Crippen LogP contribution in [-0.4, -0.2) is 56.2 Å². The van der Waals surface area contributed by atoms with Gasteiger partial charge in [-0.05, 0) is 69.1 Å². The van der Waals surface area contributed by atoms with Crippen LogP contribution in [0.15, 0.2) is 30.5 Å². The Bertz CT molecular complexity index is 1410. The maximum atomic E-state index is 16.0. The molecule has 0 saturated carbocycles. The van der Waals surface area contributed by atoms with Crippen molar-refractivity contribution in [2.75, 3.05) is 13.1 Å². The summed E-state index contributed by atoms with van der Waals surface area (Å²) >= 11 is 0. The van der Waals surface area contributed by atoms with Crippen LogP contribution in [0.4, 0.5) is 4.39 Å². The number of rotatable bonds is 5. The quantitative estimate of drug-likeness (QED) is 0.556. The van der Waals surface area contributed by atoms with E-state index in [4.69, 9.17) is 4.98 Å². The van der Waals surface area contributed by atoms with Crippen LogP contribution in [0.5, 0.6) is 0 Å². The maximum absolute atomic E-state index is 16.0. The van der Waals surface area contributed by atoms with Gasteiger partial charge in [0.2, 0.25) is 11.8 Å². The normalized spacial score (nSPS) is 20.4. The number of amides is 3. The van der Waals surface area contributed by atoms with Gasteiger partial charge in [0.05, 0.1) is 12.2 Å². The zero-order valence-electron chi connectivity index (χ0n) is 20.2. The van der Waals surface area contributed by atoms with Gasteiger partial charge in [-0.2, -0.15) is 0 Å². The minimum Gasteiger partial charge on any atom is -0.333 e. The van der Waals surface area contributed by atoms with Gasteiger partial charge in [0.1, 0.15) is 17.5 Å². The van der Waals surface area contributed by atoms with Gasteiger partial charge < -0.3 is 9.47 Å². The van der Waals surface area contributed by atoms with E-state index in [1.54, 1.807) is 12.1 Å². The van der Waals surface area contributed by atoms with Crippen LogP contribution < -0.4 is 5.32 Å². The largest absolute Gasteiger partial charge is 0.333 e. The molecule has 0 aliphatic carbocycles. The molecule has 8 nitrogen and oxygen atoms in total. The Morgan fingerprint density at radius 3 is 2.64 bits per heavy atom. The monoisotopic (exact) mass is 489 g/mol. The Hall–Kier alpha value is -3.59. The van der Waals surface area contributed by atoms with Crippen LogP contribution in [-0.2, 0) is 29.2 Å². The minimum atomic E-state index is -0.778. The lowest BCUT2D eigenvalue weighted by molar-refractivity contribution is -0.136. The van der Waals surface area contributed by atoms with E-state index in [-0.39, 0.29) is 42.3 Å². The number of benzene rings is 1. The van der Waals surface area contributed by atoms with Crippen LogP contribution >= 0.6 is 0 Å². The van der Waals surface area contributed by atoms with Crippen molar-refractivity contribution >= 4 is 28.8 Å². The van der Waals surface area contributed by atoms with Gasteiger partial charge in [-0.25, -0.2) is 9.37 Å². The fourth-order valence-corrected chi connectivity index (χ4v) is 5.74. The number of piperidine rings is 1. The van der Waals surface area contributed by atoms with Gasteiger partial charge in [0.25, 0.3) is 5.91 Å². The van der Waals surface area contributed by atoms with Gasteiger partial charge in [0, 0.05) is 47.8 Å². The zero-order valence-corrected chi connectivity index (χ0v) is 20.2. The second kappa shape index (κ2) is 8.81. The zero-order chi connectivity index (χ0) is 25.0. The summed E-state index contributed by atoms with van der Waals surface area (Å²) in [6.45, 7) is 5.70. The number of carbonyl (C=O) groups is 3. The number of aromatic nitrogens is 2. The number of likely N-dealkylation sites (tertiary alicyclic amines) is 1. The second-order valence-corrected chi connectivity index (χ2v) is 9.84. The number of nitrogens with zero attached hydrogens (tertiary/aromatic N) is 4. The molecule has 36 heavy (non-hydrogen) atoms. The molecule has 6 rings (SSSR count). The first-order valence-electron chi connectivity index (χ1n) is 12.6. The van der Waals surface area contributed by atoms with E-state index in [0.29, 0.717) is 11.3 Å². The molecule has 0 bridgehead atoms. The fourth-order valence-electron chi connectivity index (χ4n) is 5.74. The molecule has 3 aliphatic heterocycles. The van der Waals surface area contributed by atoms with Crippen LogP contribution in [0.1, 0.15) is 54.1 Å². The van der Waals surface area contributed by atoms with Crippen LogP contribution in [0.3, 0.4) is 0 Å². The Kier molecular flexibility index (Phi) is 5.59. The third-order valence-electron chi connectivity index (χ3n) is 7.68. The summed E-state index contributed by atoms with van der Waals surface area (Å²) in [6, 6.07) is 6.52. The number of imide groups is 1. The first-order valence-corrected chi connectivity index (χ1v) is 12.6. The lowest BCUT2D eigenvalue weighted by atomic mass is 10.0. The van der Waals surface area contributed by atoms with E-state index in [1.165, 1.54) is 17.7 Å². The number of fused-ring (bicyclic) bond motifs is 2. The third-order valence-corrected chi connectivity index (χ3v) is 7.68. The number of hydrogen-bond donors (Lipinski definition) is 1. The molecule has 2 fully saturated rings. The molecule has 2 saturated heterocycles. The van der Waals surface area contributed by atoms with E-state index in [0.717, 1.165) is 42.8 Å². The van der Waals surface area contributed by atoms with Crippen molar-refractivity contribution in [3.05, 3.63) is 53.0 Å². The van der Waals surface area contributed by atoms with Crippen molar-refractivity contribution in [1.82, 2.24) is 24.7 Å². The number of hydrogen-bond acceptors (Lipinski definition) is 5. The molecule has 1 aromatic carbocycles. The Balaban J connectivity index is 1.39. The van der Waals surface area contributed by atoms with Crippen LogP contribution in [0, 0.1) is 5.82 Å². The Morgan fingerprint density at radius 1 is 1.11 bits per heavy atom. The van der Waals surface area contributed by atoms with Crippen molar-refractivity contribution in [3.63, 3.8) is 0 Å². The van der Waals surface area contributed by atoms with E-state index in [1.807, 2.05) is 12.3 Å². The molecular weight excluding hydrogens is 461 g/mol. The predicted octanol–water partition coefficient (Wildman–Crippen LogP) is 3.22. The van der Waals surface area contributed by atoms with E-state index in [2.05, 4.69) is 27.8 Å². The topological polar surface area (TPSA) is 87.5 Å². The van der Waals surface area contributed by atoms with Crippen molar-refractivity contribution in [3.8, 4) is 11.3 Å². The molecule has 2 aromatic heterocycles. The molecule has 3 aliphatic rings.